The highest BCUT2D eigenvalue weighted by Gasteiger charge is 2.18. The Morgan fingerprint density at radius 2 is 2.26 bits per heavy atom. The highest BCUT2D eigenvalue weighted by atomic mass is 127. The average molecular weight is 375 g/mol. The molecule has 1 aromatic carbocycles. The van der Waals surface area contributed by atoms with Crippen LogP contribution in [0.25, 0.3) is 0 Å². The van der Waals surface area contributed by atoms with Gasteiger partial charge in [0.05, 0.1) is 11.6 Å². The van der Waals surface area contributed by atoms with Crippen molar-refractivity contribution in [3.05, 3.63) is 32.9 Å². The summed E-state index contributed by atoms with van der Waals surface area (Å²) in [5.74, 6) is -0.184. The molecule has 0 aliphatic heterocycles. The number of oxime groups is 1. The number of amides is 1. The highest BCUT2D eigenvalue weighted by molar-refractivity contribution is 14.1. The van der Waals surface area contributed by atoms with Crippen LogP contribution in [0, 0.1) is 10.5 Å². The Hall–Kier alpha value is -1.31. The van der Waals surface area contributed by atoms with Crippen LogP contribution in [0.1, 0.15) is 35.7 Å². The molecule has 0 spiro atoms. The van der Waals surface area contributed by atoms with Crippen LogP contribution < -0.4 is 11.1 Å². The Kier molecular flexibility index (Phi) is 6.07. The molecule has 104 valence electrons. The molecule has 0 saturated heterocycles. The molecule has 0 aliphatic carbocycles. The molecule has 1 unspecified atom stereocenters. The lowest BCUT2D eigenvalue weighted by atomic mass is 10.1. The van der Waals surface area contributed by atoms with Crippen molar-refractivity contribution in [2.24, 2.45) is 10.9 Å². The van der Waals surface area contributed by atoms with Crippen molar-refractivity contribution in [3.63, 3.8) is 0 Å². The number of hydrogen-bond acceptors (Lipinski definition) is 3. The molecule has 19 heavy (non-hydrogen) atoms. The Balaban J connectivity index is 2.91. The van der Waals surface area contributed by atoms with E-state index in [-0.39, 0.29) is 11.7 Å². The molecule has 1 amide bonds. The van der Waals surface area contributed by atoms with Gasteiger partial charge in [-0.1, -0.05) is 30.6 Å². The smallest absolute Gasteiger partial charge is 0.252 e. The first-order chi connectivity index (χ1) is 9.01. The van der Waals surface area contributed by atoms with E-state index >= 15 is 0 Å². The van der Waals surface area contributed by atoms with Crippen molar-refractivity contribution < 1.29 is 10.0 Å². The number of carbonyl (C=O) groups excluding carboxylic acids is 1. The third-order valence-electron chi connectivity index (χ3n) is 2.79. The molecule has 0 aromatic heterocycles. The van der Waals surface area contributed by atoms with Gasteiger partial charge in [0.25, 0.3) is 5.91 Å². The van der Waals surface area contributed by atoms with Gasteiger partial charge in [-0.05, 0) is 47.6 Å². The molecule has 0 aliphatic rings. The predicted octanol–water partition coefficient (Wildman–Crippen LogP) is 2.24. The van der Waals surface area contributed by atoms with Crippen molar-refractivity contribution in [2.75, 3.05) is 0 Å². The molecule has 1 rings (SSSR count). The van der Waals surface area contributed by atoms with E-state index in [9.17, 15) is 4.79 Å². The van der Waals surface area contributed by atoms with Crippen molar-refractivity contribution in [1.29, 1.82) is 0 Å². The second-order valence-corrected chi connectivity index (χ2v) is 5.35. The summed E-state index contributed by atoms with van der Waals surface area (Å²) in [7, 11) is 0. The largest absolute Gasteiger partial charge is 0.409 e. The highest BCUT2D eigenvalue weighted by Crippen LogP contribution is 2.16. The van der Waals surface area contributed by atoms with Gasteiger partial charge in [0.1, 0.15) is 0 Å². The van der Waals surface area contributed by atoms with E-state index in [1.54, 1.807) is 6.07 Å². The number of halogens is 1. The summed E-state index contributed by atoms with van der Waals surface area (Å²) in [5, 5.41) is 14.5. The van der Waals surface area contributed by atoms with Crippen LogP contribution in [0.15, 0.2) is 23.4 Å². The van der Waals surface area contributed by atoms with Crippen molar-refractivity contribution in [1.82, 2.24) is 5.32 Å². The van der Waals surface area contributed by atoms with Crippen LogP contribution in [0.4, 0.5) is 0 Å². The van der Waals surface area contributed by atoms with Crippen molar-refractivity contribution in [3.8, 4) is 0 Å². The molecule has 0 radical (unpaired) electrons. The molecule has 5 nitrogen and oxygen atoms in total. The molecule has 0 fully saturated rings. The SMILES string of the molecule is CCCC(NC(=O)c1cccc(C)c1I)/C(N)=N/O. The van der Waals surface area contributed by atoms with Gasteiger partial charge < -0.3 is 16.3 Å². The topological polar surface area (TPSA) is 87.7 Å². The maximum Gasteiger partial charge on any atom is 0.252 e. The monoisotopic (exact) mass is 375 g/mol. The molecule has 0 saturated carbocycles. The van der Waals surface area contributed by atoms with Gasteiger partial charge in [-0.2, -0.15) is 0 Å². The lowest BCUT2D eigenvalue weighted by molar-refractivity contribution is 0.0944. The summed E-state index contributed by atoms with van der Waals surface area (Å²) in [6.07, 6.45) is 1.45. The summed E-state index contributed by atoms with van der Waals surface area (Å²) in [5.41, 5.74) is 7.23. The molecular formula is C13H18IN3O2. The normalized spacial score (nSPS) is 13.1. The van der Waals surface area contributed by atoms with E-state index in [0.717, 1.165) is 15.6 Å². The number of carbonyl (C=O) groups is 1. The summed E-state index contributed by atoms with van der Waals surface area (Å²) in [6.45, 7) is 3.92. The third kappa shape index (κ3) is 4.09. The van der Waals surface area contributed by atoms with Gasteiger partial charge in [0, 0.05) is 3.57 Å². The molecule has 4 N–H and O–H groups in total. The summed E-state index contributed by atoms with van der Waals surface area (Å²) in [4.78, 5) is 12.2. The van der Waals surface area contributed by atoms with E-state index in [1.807, 2.05) is 26.0 Å². The lowest BCUT2D eigenvalue weighted by Crippen LogP contribution is -2.44. The summed E-state index contributed by atoms with van der Waals surface area (Å²) in [6, 6.07) is 5.11. The fourth-order valence-electron chi connectivity index (χ4n) is 1.71. The van der Waals surface area contributed by atoms with Crippen LogP contribution in [0.5, 0.6) is 0 Å². The van der Waals surface area contributed by atoms with Gasteiger partial charge in [0.15, 0.2) is 5.84 Å². The lowest BCUT2D eigenvalue weighted by Gasteiger charge is -2.17. The zero-order chi connectivity index (χ0) is 14.4. The molecule has 1 atom stereocenters. The molecule has 6 heteroatoms. The molecule has 1 aromatic rings. The number of aryl methyl sites for hydroxylation is 1. The van der Waals surface area contributed by atoms with Crippen LogP contribution in [0.3, 0.4) is 0 Å². The maximum atomic E-state index is 12.2. The third-order valence-corrected chi connectivity index (χ3v) is 4.22. The number of nitrogens with zero attached hydrogens (tertiary/aromatic N) is 1. The Morgan fingerprint density at radius 3 is 2.84 bits per heavy atom. The first kappa shape index (κ1) is 15.7. The zero-order valence-corrected chi connectivity index (χ0v) is 13.1. The first-order valence-electron chi connectivity index (χ1n) is 6.04. The van der Waals surface area contributed by atoms with Crippen LogP contribution in [-0.4, -0.2) is 23.0 Å². The van der Waals surface area contributed by atoms with E-state index in [0.29, 0.717) is 12.0 Å². The Labute approximate surface area is 126 Å². The van der Waals surface area contributed by atoms with E-state index in [2.05, 4.69) is 33.1 Å². The maximum absolute atomic E-state index is 12.2. The van der Waals surface area contributed by atoms with E-state index in [4.69, 9.17) is 10.9 Å². The number of benzene rings is 1. The van der Waals surface area contributed by atoms with Crippen molar-refractivity contribution in [2.45, 2.75) is 32.7 Å². The Bertz CT molecular complexity index is 489. The number of amidine groups is 1. The minimum absolute atomic E-state index is 0.0258. The molecule has 0 bridgehead atoms. The van der Waals surface area contributed by atoms with Gasteiger partial charge >= 0.3 is 0 Å². The molecule has 0 heterocycles. The van der Waals surface area contributed by atoms with E-state index in [1.165, 1.54) is 0 Å². The minimum Gasteiger partial charge on any atom is -0.409 e. The van der Waals surface area contributed by atoms with Gasteiger partial charge in [-0.25, -0.2) is 0 Å². The van der Waals surface area contributed by atoms with Gasteiger partial charge in [-0.3, -0.25) is 4.79 Å². The number of nitrogens with two attached hydrogens (primary N) is 1. The standard InChI is InChI=1S/C13H18IN3O2/c1-3-5-10(12(15)17-19)16-13(18)9-7-4-6-8(2)11(9)14/h4,6-7,10,19H,3,5H2,1-2H3,(H2,15,17)(H,16,18). The fourth-order valence-corrected chi connectivity index (χ4v) is 2.32. The second kappa shape index (κ2) is 7.32. The van der Waals surface area contributed by atoms with Crippen molar-refractivity contribution >= 4 is 34.3 Å². The quantitative estimate of drug-likeness (QED) is 0.243. The summed E-state index contributed by atoms with van der Waals surface area (Å²) >= 11 is 2.14. The van der Waals surface area contributed by atoms with Crippen LogP contribution in [0.2, 0.25) is 0 Å². The minimum atomic E-state index is -0.446. The number of hydrogen-bond donors (Lipinski definition) is 3. The molecular weight excluding hydrogens is 357 g/mol. The zero-order valence-electron chi connectivity index (χ0n) is 11.0. The van der Waals surface area contributed by atoms with Crippen LogP contribution >= 0.6 is 22.6 Å². The summed E-state index contributed by atoms with van der Waals surface area (Å²) < 4.78 is 0.910. The second-order valence-electron chi connectivity index (χ2n) is 4.28. The Morgan fingerprint density at radius 1 is 1.58 bits per heavy atom. The van der Waals surface area contributed by atoms with E-state index < -0.39 is 6.04 Å². The van der Waals surface area contributed by atoms with Gasteiger partial charge in [-0.15, -0.1) is 0 Å². The fraction of sp³-hybridized carbons (Fsp3) is 0.385. The van der Waals surface area contributed by atoms with Crippen LogP contribution in [-0.2, 0) is 0 Å². The average Bonchev–Trinajstić information content (AvgIpc) is 2.40. The number of nitrogens with one attached hydrogen (secondary N) is 1. The predicted molar refractivity (Wildman–Crippen MR) is 83.5 cm³/mol. The first-order valence-corrected chi connectivity index (χ1v) is 7.12. The number of rotatable bonds is 5. The van der Waals surface area contributed by atoms with Gasteiger partial charge in [0.2, 0.25) is 0 Å².